The molecular formula is C25H24F3N7O. The molecule has 2 aromatic heterocycles. The van der Waals surface area contributed by atoms with Crippen molar-refractivity contribution in [2.75, 3.05) is 24.7 Å². The molecule has 186 valence electrons. The van der Waals surface area contributed by atoms with Crippen molar-refractivity contribution >= 4 is 23.2 Å². The van der Waals surface area contributed by atoms with Gasteiger partial charge in [0.2, 0.25) is 0 Å². The van der Waals surface area contributed by atoms with Crippen molar-refractivity contribution in [1.29, 1.82) is 0 Å². The van der Waals surface area contributed by atoms with E-state index in [1.165, 1.54) is 17.0 Å². The van der Waals surface area contributed by atoms with Gasteiger partial charge in [-0.15, -0.1) is 0 Å². The number of urea groups is 1. The summed E-state index contributed by atoms with van der Waals surface area (Å²) in [7, 11) is 0. The smallest absolute Gasteiger partial charge is 0.326 e. The minimum Gasteiger partial charge on any atom is -0.326 e. The molecule has 0 aliphatic carbocycles. The van der Waals surface area contributed by atoms with Crippen LogP contribution in [0.2, 0.25) is 0 Å². The fourth-order valence-corrected chi connectivity index (χ4v) is 5.08. The second-order valence-corrected chi connectivity index (χ2v) is 9.47. The number of carbonyl (C=O) groups excluding carboxylic acids is 1. The van der Waals surface area contributed by atoms with E-state index < -0.39 is 11.7 Å². The predicted octanol–water partition coefficient (Wildman–Crippen LogP) is 4.12. The van der Waals surface area contributed by atoms with Crippen molar-refractivity contribution < 1.29 is 18.0 Å². The minimum absolute atomic E-state index is 0.0501. The number of amides is 2. The van der Waals surface area contributed by atoms with Gasteiger partial charge in [0, 0.05) is 49.8 Å². The molecule has 3 aliphatic rings. The topological polar surface area (TPSA) is 68.5 Å². The van der Waals surface area contributed by atoms with Crippen LogP contribution in [0.15, 0.2) is 71.9 Å². The van der Waals surface area contributed by atoms with Crippen LogP contribution in [0.5, 0.6) is 0 Å². The van der Waals surface area contributed by atoms with Crippen LogP contribution >= 0.6 is 0 Å². The number of fused-ring (bicyclic) bond motifs is 2. The Morgan fingerprint density at radius 1 is 1.11 bits per heavy atom. The second kappa shape index (κ2) is 8.37. The van der Waals surface area contributed by atoms with Crippen LogP contribution in [0.1, 0.15) is 18.2 Å². The number of carbonyl (C=O) groups is 1. The number of alkyl halides is 3. The molecule has 1 aromatic carbocycles. The maximum absolute atomic E-state index is 12.9. The number of nitrogens with zero attached hydrogens (tertiary/aromatic N) is 6. The number of imidazole rings is 1. The van der Waals surface area contributed by atoms with Crippen LogP contribution in [-0.2, 0) is 12.7 Å². The van der Waals surface area contributed by atoms with E-state index in [-0.39, 0.29) is 24.5 Å². The zero-order chi connectivity index (χ0) is 25.0. The molecule has 6 rings (SSSR count). The lowest BCUT2D eigenvalue weighted by molar-refractivity contribution is -0.137. The summed E-state index contributed by atoms with van der Waals surface area (Å²) < 4.78 is 40.7. The van der Waals surface area contributed by atoms with E-state index in [0.717, 1.165) is 36.6 Å². The molecule has 3 aliphatic heterocycles. The first-order chi connectivity index (χ1) is 17.2. The Bertz CT molecular complexity index is 1350. The van der Waals surface area contributed by atoms with E-state index in [4.69, 9.17) is 4.99 Å². The molecule has 2 unspecified atom stereocenters. The molecule has 0 saturated carbocycles. The highest BCUT2D eigenvalue weighted by Gasteiger charge is 2.39. The Hall–Kier alpha value is -3.86. The van der Waals surface area contributed by atoms with Crippen LogP contribution in [0.25, 0.3) is 5.65 Å². The summed E-state index contributed by atoms with van der Waals surface area (Å²) in [5.41, 5.74) is 1.74. The van der Waals surface area contributed by atoms with E-state index in [0.29, 0.717) is 23.9 Å². The van der Waals surface area contributed by atoms with E-state index in [1.54, 1.807) is 11.1 Å². The number of aromatic nitrogens is 2. The Labute approximate surface area is 205 Å². The summed E-state index contributed by atoms with van der Waals surface area (Å²) in [5, 5.41) is 2.94. The van der Waals surface area contributed by atoms with E-state index in [1.807, 2.05) is 35.0 Å². The van der Waals surface area contributed by atoms with Gasteiger partial charge >= 0.3 is 12.2 Å². The molecule has 0 spiro atoms. The number of likely N-dealkylation sites (tertiary alicyclic amines) is 1. The van der Waals surface area contributed by atoms with E-state index in [2.05, 4.69) is 22.1 Å². The van der Waals surface area contributed by atoms with Gasteiger partial charge in [-0.2, -0.15) is 13.2 Å². The lowest BCUT2D eigenvalue weighted by Crippen LogP contribution is -2.49. The Morgan fingerprint density at radius 3 is 2.67 bits per heavy atom. The van der Waals surface area contributed by atoms with Crippen molar-refractivity contribution in [3.8, 4) is 0 Å². The van der Waals surface area contributed by atoms with Crippen LogP contribution in [0.3, 0.4) is 0 Å². The van der Waals surface area contributed by atoms with Gasteiger partial charge in [0.25, 0.3) is 0 Å². The quantitative estimate of drug-likeness (QED) is 0.591. The number of hydrogen-bond donors (Lipinski definition) is 1. The summed E-state index contributed by atoms with van der Waals surface area (Å²) >= 11 is 0. The Morgan fingerprint density at radius 2 is 1.92 bits per heavy atom. The summed E-state index contributed by atoms with van der Waals surface area (Å²) in [4.78, 5) is 27.8. The molecule has 11 heteroatoms. The Balaban J connectivity index is 1.18. The molecule has 36 heavy (non-hydrogen) atoms. The summed E-state index contributed by atoms with van der Waals surface area (Å²) in [6.45, 7) is 4.63. The fraction of sp³-hybridized carbons (Fsp3) is 0.320. The van der Waals surface area contributed by atoms with Crippen LogP contribution in [0, 0.1) is 11.8 Å². The first kappa shape index (κ1) is 22.6. The maximum atomic E-state index is 12.9. The lowest BCUT2D eigenvalue weighted by Gasteiger charge is -2.28. The van der Waals surface area contributed by atoms with Gasteiger partial charge in [0.1, 0.15) is 18.2 Å². The van der Waals surface area contributed by atoms with Gasteiger partial charge in [-0.1, -0.05) is 13.0 Å². The monoisotopic (exact) mass is 495 g/mol. The highest BCUT2D eigenvalue weighted by molar-refractivity contribution is 6.02. The molecule has 1 saturated heterocycles. The molecule has 3 aromatic rings. The zero-order valence-corrected chi connectivity index (χ0v) is 19.5. The molecule has 5 heterocycles. The van der Waals surface area contributed by atoms with Crippen LogP contribution in [0.4, 0.5) is 23.7 Å². The van der Waals surface area contributed by atoms with Crippen molar-refractivity contribution in [3.05, 3.63) is 78.1 Å². The fourth-order valence-electron chi connectivity index (χ4n) is 5.08. The maximum Gasteiger partial charge on any atom is 0.416 e. The van der Waals surface area contributed by atoms with E-state index >= 15 is 0 Å². The molecule has 1 N–H and O–H groups in total. The number of hydrogen-bond acceptors (Lipinski definition) is 5. The number of rotatable bonds is 4. The number of anilines is 1. The molecule has 1 fully saturated rings. The molecular weight excluding hydrogens is 471 g/mol. The highest BCUT2D eigenvalue weighted by atomic mass is 19.4. The van der Waals surface area contributed by atoms with Gasteiger partial charge in [-0.3, -0.25) is 15.1 Å². The number of benzene rings is 1. The third kappa shape index (κ3) is 4.09. The van der Waals surface area contributed by atoms with Gasteiger partial charge in [-0.05, 0) is 42.3 Å². The Kier molecular flexibility index (Phi) is 5.25. The third-order valence-electron chi connectivity index (χ3n) is 6.92. The number of pyridine rings is 1. The molecule has 2 atom stereocenters. The van der Waals surface area contributed by atoms with E-state index in [9.17, 15) is 18.0 Å². The van der Waals surface area contributed by atoms with Crippen molar-refractivity contribution in [2.24, 2.45) is 16.8 Å². The van der Waals surface area contributed by atoms with Gasteiger partial charge in [0.05, 0.1) is 11.3 Å². The third-order valence-corrected chi connectivity index (χ3v) is 6.92. The number of aliphatic imine (C=N–C) groups is 1. The van der Waals surface area contributed by atoms with Crippen LogP contribution < -0.4 is 10.2 Å². The highest BCUT2D eigenvalue weighted by Crippen LogP contribution is 2.33. The largest absolute Gasteiger partial charge is 0.416 e. The van der Waals surface area contributed by atoms with Crippen LogP contribution in [-0.4, -0.2) is 50.8 Å². The van der Waals surface area contributed by atoms with Crippen molar-refractivity contribution in [1.82, 2.24) is 24.5 Å². The molecule has 8 nitrogen and oxygen atoms in total. The lowest BCUT2D eigenvalue weighted by atomic mass is 9.96. The number of nitrogens with one attached hydrogen (secondary N) is 1. The van der Waals surface area contributed by atoms with Crippen molar-refractivity contribution in [2.45, 2.75) is 19.6 Å². The second-order valence-electron chi connectivity index (χ2n) is 9.47. The molecule has 0 radical (unpaired) electrons. The first-order valence-corrected chi connectivity index (χ1v) is 11.7. The van der Waals surface area contributed by atoms with Gasteiger partial charge in [0.15, 0.2) is 5.82 Å². The zero-order valence-electron chi connectivity index (χ0n) is 19.5. The van der Waals surface area contributed by atoms with Crippen molar-refractivity contribution in [3.63, 3.8) is 0 Å². The average molecular weight is 496 g/mol. The van der Waals surface area contributed by atoms with Gasteiger partial charge in [-0.25, -0.2) is 14.8 Å². The summed E-state index contributed by atoms with van der Waals surface area (Å²) in [6, 6.07) is 10.5. The van der Waals surface area contributed by atoms with Gasteiger partial charge < -0.3 is 9.30 Å². The predicted molar refractivity (Wildman–Crippen MR) is 128 cm³/mol. The average Bonchev–Trinajstić information content (AvgIpc) is 3.55. The molecule has 2 amide bonds. The normalized spacial score (nSPS) is 22.6. The summed E-state index contributed by atoms with van der Waals surface area (Å²) in [6.07, 6.45) is 1.32. The minimum atomic E-state index is -4.39. The SMILES string of the molecule is CC1CN(Cc2cn3ccccc3n2)CC1C1=NC2=CN(c3ccc(C(F)(F)F)cc3)CN2C(=O)N1. The standard InChI is InChI=1S/C25H24F3N7O/c1-16-10-32(11-18-12-33-9-3-2-4-21(33)29-18)13-20(16)23-30-22-14-34(15-35(22)24(36)31-23)19-7-5-17(6-8-19)25(26,27)28/h2-9,12,14,16,20H,10-11,13,15H2,1H3,(H,30,31,36). The first-order valence-electron chi connectivity index (χ1n) is 11.7. The molecule has 0 bridgehead atoms. The summed E-state index contributed by atoms with van der Waals surface area (Å²) in [5.74, 6) is 1.44. The number of halogens is 3. The number of amidine groups is 1.